The highest BCUT2D eigenvalue weighted by molar-refractivity contribution is 9.09. The molecule has 0 bridgehead atoms. The average molecular weight is 260 g/mol. The second kappa shape index (κ2) is 4.64. The molecule has 0 saturated heterocycles. The number of halogens is 1. The van der Waals surface area contributed by atoms with Crippen LogP contribution in [0.2, 0.25) is 0 Å². The first-order valence-corrected chi connectivity index (χ1v) is 5.59. The van der Waals surface area contributed by atoms with Gasteiger partial charge in [0.05, 0.1) is 11.8 Å². The van der Waals surface area contributed by atoms with Gasteiger partial charge in [0.1, 0.15) is 5.76 Å². The van der Waals surface area contributed by atoms with Crippen LogP contribution in [-0.2, 0) is 10.3 Å². The Hall–Kier alpha value is -0.770. The molecule has 1 heterocycles. The number of nitrogens with one attached hydrogen (secondary N) is 1. The molecule has 0 atom stereocenters. The minimum absolute atomic E-state index is 0.0169. The van der Waals surface area contributed by atoms with Crippen LogP contribution in [0, 0.1) is 0 Å². The third kappa shape index (κ3) is 2.87. The molecular formula is C10H14BrNO2. The Labute approximate surface area is 92.0 Å². The van der Waals surface area contributed by atoms with E-state index < -0.39 is 5.54 Å². The molecule has 1 aromatic rings. The molecule has 1 N–H and O–H groups in total. The molecule has 0 aromatic carbocycles. The molecule has 1 aromatic heterocycles. The monoisotopic (exact) mass is 259 g/mol. The zero-order chi connectivity index (χ0) is 10.6. The summed E-state index contributed by atoms with van der Waals surface area (Å²) in [6, 6.07) is 3.67. The maximum Gasteiger partial charge on any atom is 0.221 e. The molecule has 0 unspecified atom stereocenters. The van der Waals surface area contributed by atoms with Crippen molar-refractivity contribution in [2.45, 2.75) is 25.8 Å². The van der Waals surface area contributed by atoms with E-state index in [9.17, 15) is 4.79 Å². The summed E-state index contributed by atoms with van der Waals surface area (Å²) in [6.45, 7) is 3.83. The van der Waals surface area contributed by atoms with E-state index in [1.807, 2.05) is 26.0 Å². The summed E-state index contributed by atoms with van der Waals surface area (Å²) in [6.07, 6.45) is 2.08. The molecule has 0 aliphatic heterocycles. The van der Waals surface area contributed by atoms with Gasteiger partial charge in [-0.15, -0.1) is 0 Å². The highest BCUT2D eigenvalue weighted by atomic mass is 79.9. The van der Waals surface area contributed by atoms with E-state index in [0.29, 0.717) is 11.8 Å². The Morgan fingerprint density at radius 2 is 2.36 bits per heavy atom. The van der Waals surface area contributed by atoms with Gasteiger partial charge in [-0.2, -0.15) is 0 Å². The zero-order valence-electron chi connectivity index (χ0n) is 8.34. The molecule has 4 heteroatoms. The summed E-state index contributed by atoms with van der Waals surface area (Å²) < 4.78 is 5.25. The third-order valence-corrected chi connectivity index (χ3v) is 2.31. The fourth-order valence-corrected chi connectivity index (χ4v) is 1.55. The molecule has 1 amide bonds. The second-order valence-electron chi connectivity index (χ2n) is 3.59. The molecule has 0 fully saturated rings. The normalized spacial score (nSPS) is 11.4. The van der Waals surface area contributed by atoms with E-state index in [-0.39, 0.29) is 5.91 Å². The van der Waals surface area contributed by atoms with Crippen molar-refractivity contribution < 1.29 is 9.21 Å². The maximum absolute atomic E-state index is 11.4. The number of hydrogen-bond donors (Lipinski definition) is 1. The van der Waals surface area contributed by atoms with Crippen LogP contribution >= 0.6 is 15.9 Å². The van der Waals surface area contributed by atoms with Crippen molar-refractivity contribution in [1.82, 2.24) is 5.32 Å². The van der Waals surface area contributed by atoms with Crippen LogP contribution in [-0.4, -0.2) is 11.2 Å². The Bertz CT molecular complexity index is 293. The van der Waals surface area contributed by atoms with Crippen LogP contribution in [0.25, 0.3) is 0 Å². The topological polar surface area (TPSA) is 42.2 Å². The second-order valence-corrected chi connectivity index (χ2v) is 4.38. The first kappa shape index (κ1) is 11.3. The third-order valence-electron chi connectivity index (χ3n) is 1.91. The van der Waals surface area contributed by atoms with Gasteiger partial charge >= 0.3 is 0 Å². The molecule has 0 aliphatic carbocycles. The van der Waals surface area contributed by atoms with E-state index in [0.717, 1.165) is 5.76 Å². The molecule has 0 aliphatic rings. The van der Waals surface area contributed by atoms with Crippen molar-refractivity contribution in [2.75, 3.05) is 5.33 Å². The van der Waals surface area contributed by atoms with Crippen LogP contribution < -0.4 is 5.32 Å². The molecule has 0 radical (unpaired) electrons. The predicted molar refractivity (Wildman–Crippen MR) is 58.3 cm³/mol. The smallest absolute Gasteiger partial charge is 0.221 e. The lowest BCUT2D eigenvalue weighted by Crippen LogP contribution is -2.40. The first-order chi connectivity index (χ1) is 6.56. The van der Waals surface area contributed by atoms with Crippen molar-refractivity contribution in [3.8, 4) is 0 Å². The van der Waals surface area contributed by atoms with E-state index in [1.54, 1.807) is 6.26 Å². The Balaban J connectivity index is 2.63. The summed E-state index contributed by atoms with van der Waals surface area (Å²) in [7, 11) is 0. The lowest BCUT2D eigenvalue weighted by atomic mass is 10.0. The summed E-state index contributed by atoms with van der Waals surface area (Å²) in [5, 5.41) is 3.57. The van der Waals surface area contributed by atoms with Gasteiger partial charge in [0.15, 0.2) is 0 Å². The van der Waals surface area contributed by atoms with Crippen molar-refractivity contribution in [2.24, 2.45) is 0 Å². The SMILES string of the molecule is CC(C)(NC(=O)CCBr)c1ccco1. The molecular weight excluding hydrogens is 246 g/mol. The molecule has 0 spiro atoms. The van der Waals surface area contributed by atoms with Gasteiger partial charge < -0.3 is 9.73 Å². The van der Waals surface area contributed by atoms with Crippen molar-refractivity contribution in [3.05, 3.63) is 24.2 Å². The van der Waals surface area contributed by atoms with Crippen LogP contribution in [0.15, 0.2) is 22.8 Å². The zero-order valence-corrected chi connectivity index (χ0v) is 9.93. The molecule has 1 rings (SSSR count). The summed E-state index contributed by atoms with van der Waals surface area (Å²) in [4.78, 5) is 11.4. The van der Waals surface area contributed by atoms with Crippen LogP contribution in [0.3, 0.4) is 0 Å². The van der Waals surface area contributed by atoms with E-state index in [4.69, 9.17) is 4.42 Å². The number of rotatable bonds is 4. The summed E-state index contributed by atoms with van der Waals surface area (Å²) in [5.41, 5.74) is -0.442. The Kier molecular flexibility index (Phi) is 3.75. The van der Waals surface area contributed by atoms with Gasteiger partial charge in [-0.3, -0.25) is 4.79 Å². The molecule has 3 nitrogen and oxygen atoms in total. The van der Waals surface area contributed by atoms with E-state index >= 15 is 0 Å². The van der Waals surface area contributed by atoms with Crippen LogP contribution in [0.4, 0.5) is 0 Å². The standard InChI is InChI=1S/C10H14BrNO2/c1-10(2,8-4-3-7-14-8)12-9(13)5-6-11/h3-4,7H,5-6H2,1-2H3,(H,12,13). The van der Waals surface area contributed by atoms with Crippen molar-refractivity contribution >= 4 is 21.8 Å². The van der Waals surface area contributed by atoms with Crippen LogP contribution in [0.1, 0.15) is 26.0 Å². The fourth-order valence-electron chi connectivity index (χ4n) is 1.19. The van der Waals surface area contributed by atoms with Crippen LogP contribution in [0.5, 0.6) is 0 Å². The lowest BCUT2D eigenvalue weighted by molar-refractivity contribution is -0.122. The van der Waals surface area contributed by atoms with Gasteiger partial charge in [-0.1, -0.05) is 15.9 Å². The summed E-state index contributed by atoms with van der Waals surface area (Å²) >= 11 is 3.22. The quantitative estimate of drug-likeness (QED) is 0.845. The number of alkyl halides is 1. The maximum atomic E-state index is 11.4. The van der Waals surface area contributed by atoms with E-state index in [2.05, 4.69) is 21.2 Å². The van der Waals surface area contributed by atoms with Gasteiger partial charge in [-0.05, 0) is 26.0 Å². The highest BCUT2D eigenvalue weighted by Crippen LogP contribution is 2.20. The van der Waals surface area contributed by atoms with Gasteiger partial charge in [0.25, 0.3) is 0 Å². The van der Waals surface area contributed by atoms with Crippen molar-refractivity contribution in [1.29, 1.82) is 0 Å². The Morgan fingerprint density at radius 3 is 2.86 bits per heavy atom. The molecule has 0 saturated carbocycles. The number of carbonyl (C=O) groups is 1. The predicted octanol–water partition coefficient (Wildman–Crippen LogP) is 2.42. The minimum Gasteiger partial charge on any atom is -0.467 e. The number of amides is 1. The van der Waals surface area contributed by atoms with Gasteiger partial charge in [0.2, 0.25) is 5.91 Å². The van der Waals surface area contributed by atoms with E-state index in [1.165, 1.54) is 0 Å². The van der Waals surface area contributed by atoms with Crippen molar-refractivity contribution in [3.63, 3.8) is 0 Å². The fraction of sp³-hybridized carbons (Fsp3) is 0.500. The molecule has 14 heavy (non-hydrogen) atoms. The number of furan rings is 1. The summed E-state index contributed by atoms with van der Waals surface area (Å²) in [5.74, 6) is 0.781. The number of carbonyl (C=O) groups excluding carboxylic acids is 1. The molecule has 78 valence electrons. The number of hydrogen-bond acceptors (Lipinski definition) is 2. The largest absolute Gasteiger partial charge is 0.467 e. The minimum atomic E-state index is -0.442. The van der Waals surface area contributed by atoms with Gasteiger partial charge in [0, 0.05) is 11.8 Å². The lowest BCUT2D eigenvalue weighted by Gasteiger charge is -2.23. The first-order valence-electron chi connectivity index (χ1n) is 4.47. The highest BCUT2D eigenvalue weighted by Gasteiger charge is 2.24. The average Bonchev–Trinajstić information content (AvgIpc) is 2.54. The Morgan fingerprint density at radius 1 is 1.64 bits per heavy atom. The van der Waals surface area contributed by atoms with Gasteiger partial charge in [-0.25, -0.2) is 0 Å².